The normalized spacial score (nSPS) is 10.8. The van der Waals surface area contributed by atoms with E-state index in [1.54, 1.807) is 12.1 Å². The van der Waals surface area contributed by atoms with E-state index in [0.717, 1.165) is 11.8 Å². The van der Waals surface area contributed by atoms with Crippen LogP contribution in [0.1, 0.15) is 10.4 Å². The van der Waals surface area contributed by atoms with Gasteiger partial charge in [0.1, 0.15) is 5.75 Å². The molecule has 0 aliphatic carbocycles. The van der Waals surface area contributed by atoms with Crippen molar-refractivity contribution in [2.45, 2.75) is 0 Å². The molecule has 5 nitrogen and oxygen atoms in total. The lowest BCUT2D eigenvalue weighted by Crippen LogP contribution is -2.15. The Hall–Kier alpha value is -1.82. The highest BCUT2D eigenvalue weighted by Crippen LogP contribution is 2.13. The first-order valence-corrected chi connectivity index (χ1v) is 6.78. The molecule has 1 aromatic carbocycles. The molecule has 0 atom stereocenters. The van der Waals surface area contributed by atoms with Crippen molar-refractivity contribution in [2.24, 2.45) is 0 Å². The van der Waals surface area contributed by atoms with Crippen molar-refractivity contribution in [3.63, 3.8) is 0 Å². The third-order valence-electron chi connectivity index (χ3n) is 2.14. The largest absolute Gasteiger partial charge is 0.378 e. The second kappa shape index (κ2) is 5.68. The predicted octanol–water partition coefficient (Wildman–Crippen LogP) is 1.43. The van der Waals surface area contributed by atoms with Gasteiger partial charge in [0, 0.05) is 19.8 Å². The van der Waals surface area contributed by atoms with Crippen LogP contribution in [-0.2, 0) is 14.3 Å². The molecule has 0 spiro atoms. The lowest BCUT2D eigenvalue weighted by atomic mass is 10.2. The Morgan fingerprint density at radius 2 is 1.89 bits per heavy atom. The van der Waals surface area contributed by atoms with Crippen LogP contribution in [0.15, 0.2) is 36.9 Å². The number of rotatable bonds is 5. The van der Waals surface area contributed by atoms with Crippen LogP contribution in [0.2, 0.25) is 0 Å². The topological polar surface area (TPSA) is 63.7 Å². The van der Waals surface area contributed by atoms with Crippen molar-refractivity contribution in [1.82, 2.24) is 0 Å². The first-order valence-electron chi connectivity index (χ1n) is 5.20. The number of benzene rings is 1. The van der Waals surface area contributed by atoms with Gasteiger partial charge >= 0.3 is 16.1 Å². The van der Waals surface area contributed by atoms with E-state index in [1.807, 2.05) is 19.0 Å². The summed E-state index contributed by atoms with van der Waals surface area (Å²) in [4.78, 5) is 13.4. The van der Waals surface area contributed by atoms with Crippen molar-refractivity contribution in [3.05, 3.63) is 42.5 Å². The summed E-state index contributed by atoms with van der Waals surface area (Å²) in [6, 6.07) is 6.44. The van der Waals surface area contributed by atoms with Crippen LogP contribution in [0.3, 0.4) is 0 Å². The quantitative estimate of drug-likeness (QED) is 0.597. The third-order valence-corrected chi connectivity index (χ3v) is 3.19. The lowest BCUT2D eigenvalue weighted by Gasteiger charge is -2.12. The Balaban J connectivity index is 2.82. The number of hydrogen-bond donors (Lipinski definition) is 0. The molecule has 6 heteroatoms. The molecule has 0 amide bonds. The monoisotopic (exact) mass is 269 g/mol. The van der Waals surface area contributed by atoms with Gasteiger partial charge in [0.15, 0.2) is 0 Å². The molecule has 0 unspecified atom stereocenters. The summed E-state index contributed by atoms with van der Waals surface area (Å²) in [5.74, 6) is -1.28. The Kier molecular flexibility index (Phi) is 4.49. The van der Waals surface area contributed by atoms with Gasteiger partial charge in [-0.1, -0.05) is 6.08 Å². The average Bonchev–Trinajstić information content (AvgIpc) is 2.28. The minimum Gasteiger partial charge on any atom is -0.378 e. The molecule has 0 saturated heterocycles. The third kappa shape index (κ3) is 3.89. The van der Waals surface area contributed by atoms with Crippen LogP contribution >= 0.6 is 0 Å². The molecule has 0 radical (unpaired) electrons. The van der Waals surface area contributed by atoms with E-state index in [9.17, 15) is 13.2 Å². The molecule has 0 aliphatic heterocycles. The highest BCUT2D eigenvalue weighted by Gasteiger charge is 2.17. The standard InChI is InChI=1S/C12H15NO4S/c1-4-9-18(15,16)17-12(14)10-5-7-11(8-6-10)13(2)3/h4-8H,1,9H2,2-3H3. The summed E-state index contributed by atoms with van der Waals surface area (Å²) >= 11 is 0. The Morgan fingerprint density at radius 3 is 2.33 bits per heavy atom. The minimum atomic E-state index is -3.88. The van der Waals surface area contributed by atoms with Crippen molar-refractivity contribution in [3.8, 4) is 0 Å². The molecule has 98 valence electrons. The minimum absolute atomic E-state index is 0.188. The molecule has 0 aliphatic rings. The average molecular weight is 269 g/mol. The Bertz CT molecular complexity index is 532. The van der Waals surface area contributed by atoms with E-state index < -0.39 is 21.8 Å². The van der Waals surface area contributed by atoms with Crippen molar-refractivity contribution < 1.29 is 17.4 Å². The number of carbonyl (C=O) groups is 1. The first kappa shape index (κ1) is 14.2. The van der Waals surface area contributed by atoms with Crippen LogP contribution in [0.5, 0.6) is 0 Å². The summed E-state index contributed by atoms with van der Waals surface area (Å²) in [6.45, 7) is 3.28. The molecule has 0 heterocycles. The van der Waals surface area contributed by atoms with Gasteiger partial charge in [0.2, 0.25) is 0 Å². The second-order valence-electron chi connectivity index (χ2n) is 3.83. The maximum absolute atomic E-state index is 11.6. The van der Waals surface area contributed by atoms with Crippen molar-refractivity contribution in [2.75, 3.05) is 24.7 Å². The summed E-state index contributed by atoms with van der Waals surface area (Å²) in [6.07, 6.45) is 1.16. The first-order chi connectivity index (χ1) is 8.35. The van der Waals surface area contributed by atoms with Crippen molar-refractivity contribution >= 4 is 21.8 Å². The maximum atomic E-state index is 11.6. The summed E-state index contributed by atoms with van der Waals surface area (Å²) in [5.41, 5.74) is 1.09. The molecule has 0 aromatic heterocycles. The zero-order valence-corrected chi connectivity index (χ0v) is 11.1. The van der Waals surface area contributed by atoms with E-state index in [-0.39, 0.29) is 5.56 Å². The van der Waals surface area contributed by atoms with E-state index >= 15 is 0 Å². The van der Waals surface area contributed by atoms with Gasteiger partial charge in [-0.2, -0.15) is 8.42 Å². The SMILES string of the molecule is C=CCS(=O)(=O)OC(=O)c1ccc(N(C)C)cc1. The summed E-state index contributed by atoms with van der Waals surface area (Å²) < 4.78 is 26.9. The van der Waals surface area contributed by atoms with Gasteiger partial charge in [-0.05, 0) is 24.3 Å². The zero-order chi connectivity index (χ0) is 13.8. The van der Waals surface area contributed by atoms with Crippen LogP contribution in [0.4, 0.5) is 5.69 Å². The van der Waals surface area contributed by atoms with E-state index in [0.29, 0.717) is 0 Å². The number of hydrogen-bond acceptors (Lipinski definition) is 5. The number of nitrogens with zero attached hydrogens (tertiary/aromatic N) is 1. The molecule has 0 N–H and O–H groups in total. The van der Waals surface area contributed by atoms with Crippen LogP contribution in [0, 0.1) is 0 Å². The maximum Gasteiger partial charge on any atom is 0.353 e. The number of anilines is 1. The van der Waals surface area contributed by atoms with Crippen LogP contribution in [0.25, 0.3) is 0 Å². The fourth-order valence-corrected chi connectivity index (χ4v) is 1.92. The molecule has 18 heavy (non-hydrogen) atoms. The molecule has 1 rings (SSSR count). The van der Waals surface area contributed by atoms with Gasteiger partial charge in [0.25, 0.3) is 0 Å². The van der Waals surface area contributed by atoms with Gasteiger partial charge in [-0.3, -0.25) is 0 Å². The lowest BCUT2D eigenvalue weighted by molar-refractivity contribution is 0.0747. The highest BCUT2D eigenvalue weighted by molar-refractivity contribution is 7.87. The highest BCUT2D eigenvalue weighted by atomic mass is 32.2. The fraction of sp³-hybridized carbons (Fsp3) is 0.250. The van der Waals surface area contributed by atoms with Crippen LogP contribution in [-0.4, -0.2) is 34.2 Å². The zero-order valence-electron chi connectivity index (χ0n) is 10.3. The Labute approximate surface area is 107 Å². The van der Waals surface area contributed by atoms with Gasteiger partial charge in [-0.25, -0.2) is 4.79 Å². The Morgan fingerprint density at radius 1 is 1.33 bits per heavy atom. The molecular weight excluding hydrogens is 254 g/mol. The predicted molar refractivity (Wildman–Crippen MR) is 70.2 cm³/mol. The number of carbonyl (C=O) groups excluding carboxylic acids is 1. The second-order valence-corrected chi connectivity index (χ2v) is 5.44. The van der Waals surface area contributed by atoms with Crippen molar-refractivity contribution in [1.29, 1.82) is 0 Å². The van der Waals surface area contributed by atoms with E-state index in [1.165, 1.54) is 12.1 Å². The van der Waals surface area contributed by atoms with E-state index in [4.69, 9.17) is 0 Å². The van der Waals surface area contributed by atoms with Crippen LogP contribution < -0.4 is 4.90 Å². The smallest absolute Gasteiger partial charge is 0.353 e. The molecule has 0 fully saturated rings. The molecular formula is C12H15NO4S. The fourth-order valence-electron chi connectivity index (χ4n) is 1.24. The van der Waals surface area contributed by atoms with Gasteiger partial charge in [0.05, 0.1) is 5.56 Å². The van der Waals surface area contributed by atoms with Gasteiger partial charge in [-0.15, -0.1) is 6.58 Å². The van der Waals surface area contributed by atoms with E-state index in [2.05, 4.69) is 10.8 Å². The molecule has 0 bridgehead atoms. The molecule has 0 saturated carbocycles. The molecule has 1 aromatic rings. The summed E-state index contributed by atoms with van der Waals surface area (Å²) in [7, 11) is -0.158. The summed E-state index contributed by atoms with van der Waals surface area (Å²) in [5, 5.41) is 0. The van der Waals surface area contributed by atoms with Gasteiger partial charge < -0.3 is 9.08 Å².